The minimum absolute atomic E-state index is 0.0933. The van der Waals surface area contributed by atoms with Crippen LogP contribution in [0.5, 0.6) is 0 Å². The van der Waals surface area contributed by atoms with Crippen LogP contribution in [0.3, 0.4) is 0 Å². The minimum Gasteiger partial charge on any atom is -0.394 e. The zero-order chi connectivity index (χ0) is 15.4. The number of rotatable bonds is 5. The van der Waals surface area contributed by atoms with Crippen molar-refractivity contribution < 1.29 is 9.90 Å². The summed E-state index contributed by atoms with van der Waals surface area (Å²) in [5.41, 5.74) is 1.69. The summed E-state index contributed by atoms with van der Waals surface area (Å²) in [5.74, 6) is -0.265. The van der Waals surface area contributed by atoms with Crippen molar-refractivity contribution in [1.29, 1.82) is 0 Å². The second-order valence-electron chi connectivity index (χ2n) is 4.81. The monoisotopic (exact) mass is 307 g/mol. The first-order valence-electron chi connectivity index (χ1n) is 6.77. The first kappa shape index (κ1) is 15.5. The third kappa shape index (κ3) is 3.43. The molecule has 1 heterocycles. The lowest BCUT2D eigenvalue weighted by Gasteiger charge is -2.13. The lowest BCUT2D eigenvalue weighted by Crippen LogP contribution is -2.37. The Labute approximate surface area is 128 Å². The number of halogens is 1. The quantitative estimate of drug-likeness (QED) is 0.890. The summed E-state index contributed by atoms with van der Waals surface area (Å²) in [5, 5.41) is 16.9. The first-order chi connectivity index (χ1) is 10.1. The third-order valence-electron chi connectivity index (χ3n) is 3.25. The lowest BCUT2D eigenvalue weighted by molar-refractivity contribution is 0.0915. The molecule has 0 aliphatic carbocycles. The van der Waals surface area contributed by atoms with Gasteiger partial charge in [-0.25, -0.2) is 0 Å². The molecule has 1 aromatic carbocycles. The van der Waals surface area contributed by atoms with Crippen molar-refractivity contribution in [1.82, 2.24) is 15.1 Å². The molecule has 0 aliphatic heterocycles. The number of hydrogen-bond donors (Lipinski definition) is 2. The maximum Gasteiger partial charge on any atom is 0.255 e. The fraction of sp³-hybridized carbons (Fsp3) is 0.333. The summed E-state index contributed by atoms with van der Waals surface area (Å²) in [4.78, 5) is 12.4. The van der Waals surface area contributed by atoms with Gasteiger partial charge in [0.2, 0.25) is 0 Å². The first-order valence-corrected chi connectivity index (χ1v) is 7.14. The Morgan fingerprint density at radius 2 is 2.19 bits per heavy atom. The molecule has 112 valence electrons. The van der Waals surface area contributed by atoms with Gasteiger partial charge in [0.05, 0.1) is 23.2 Å². The number of aliphatic hydroxyl groups excluding tert-OH is 1. The molecule has 0 radical (unpaired) electrons. The predicted octanol–water partition coefficient (Wildman–Crippen LogP) is 2.24. The van der Waals surface area contributed by atoms with Crippen LogP contribution in [-0.2, 0) is 7.05 Å². The van der Waals surface area contributed by atoms with Gasteiger partial charge in [-0.2, -0.15) is 5.10 Å². The van der Waals surface area contributed by atoms with Crippen molar-refractivity contribution in [3.63, 3.8) is 0 Å². The Morgan fingerprint density at radius 1 is 1.48 bits per heavy atom. The van der Waals surface area contributed by atoms with Crippen LogP contribution in [-0.4, -0.2) is 33.4 Å². The van der Waals surface area contributed by atoms with Gasteiger partial charge < -0.3 is 10.4 Å². The summed E-state index contributed by atoms with van der Waals surface area (Å²) in [6.07, 6.45) is 2.31. The van der Waals surface area contributed by atoms with E-state index in [1.807, 2.05) is 25.1 Å². The standard InChI is InChI=1S/C15H18ClN3O2/c1-3-10(9-20)17-15(21)12-8-19(2)18-14(12)11-6-4-5-7-13(11)16/h4-8,10,20H,3,9H2,1-2H3,(H,17,21). The highest BCUT2D eigenvalue weighted by molar-refractivity contribution is 6.33. The number of carbonyl (C=O) groups excluding carboxylic acids is 1. The van der Waals surface area contributed by atoms with Crippen molar-refractivity contribution in [2.45, 2.75) is 19.4 Å². The number of nitrogens with one attached hydrogen (secondary N) is 1. The highest BCUT2D eigenvalue weighted by Crippen LogP contribution is 2.28. The smallest absolute Gasteiger partial charge is 0.255 e. The van der Waals surface area contributed by atoms with E-state index >= 15 is 0 Å². The van der Waals surface area contributed by atoms with E-state index in [4.69, 9.17) is 11.6 Å². The van der Waals surface area contributed by atoms with Crippen molar-refractivity contribution in [2.24, 2.45) is 7.05 Å². The highest BCUT2D eigenvalue weighted by atomic mass is 35.5. The molecule has 0 spiro atoms. The van der Waals surface area contributed by atoms with E-state index in [0.717, 1.165) is 0 Å². The van der Waals surface area contributed by atoms with Crippen molar-refractivity contribution >= 4 is 17.5 Å². The van der Waals surface area contributed by atoms with E-state index in [9.17, 15) is 9.90 Å². The normalized spacial score (nSPS) is 12.2. The van der Waals surface area contributed by atoms with Crippen LogP contribution in [0.2, 0.25) is 5.02 Å². The number of carbonyl (C=O) groups is 1. The van der Waals surface area contributed by atoms with Gasteiger partial charge in [-0.1, -0.05) is 36.7 Å². The maximum atomic E-state index is 12.4. The Balaban J connectivity index is 2.38. The molecular weight excluding hydrogens is 290 g/mol. The van der Waals surface area contributed by atoms with Gasteiger partial charge in [-0.05, 0) is 12.5 Å². The summed E-state index contributed by atoms with van der Waals surface area (Å²) >= 11 is 6.18. The molecule has 2 aromatic rings. The van der Waals surface area contributed by atoms with E-state index in [1.54, 1.807) is 24.0 Å². The fourth-order valence-electron chi connectivity index (χ4n) is 2.05. The average molecular weight is 308 g/mol. The lowest BCUT2D eigenvalue weighted by atomic mass is 10.1. The van der Waals surface area contributed by atoms with Crippen LogP contribution in [0.4, 0.5) is 0 Å². The van der Waals surface area contributed by atoms with E-state index in [0.29, 0.717) is 28.3 Å². The van der Waals surface area contributed by atoms with E-state index < -0.39 is 0 Å². The number of hydrogen-bond acceptors (Lipinski definition) is 3. The Morgan fingerprint density at radius 3 is 2.81 bits per heavy atom. The number of aliphatic hydroxyl groups is 1. The number of aryl methyl sites for hydroxylation is 1. The van der Waals surface area contributed by atoms with E-state index in [2.05, 4.69) is 10.4 Å². The van der Waals surface area contributed by atoms with Gasteiger partial charge in [0.1, 0.15) is 5.69 Å². The van der Waals surface area contributed by atoms with Gasteiger partial charge in [0.25, 0.3) is 5.91 Å². The molecule has 21 heavy (non-hydrogen) atoms. The topological polar surface area (TPSA) is 67.2 Å². The molecule has 1 aromatic heterocycles. The molecule has 0 fully saturated rings. The molecular formula is C15H18ClN3O2. The third-order valence-corrected chi connectivity index (χ3v) is 3.58. The van der Waals surface area contributed by atoms with E-state index in [1.165, 1.54) is 0 Å². The zero-order valence-electron chi connectivity index (χ0n) is 12.0. The molecule has 5 nitrogen and oxygen atoms in total. The van der Waals surface area contributed by atoms with Crippen molar-refractivity contribution in [3.05, 3.63) is 41.0 Å². The van der Waals surface area contributed by atoms with E-state index in [-0.39, 0.29) is 18.6 Å². The van der Waals surface area contributed by atoms with Crippen LogP contribution in [0, 0.1) is 0 Å². The van der Waals surface area contributed by atoms with Crippen molar-refractivity contribution in [2.75, 3.05) is 6.61 Å². The van der Waals surface area contributed by atoms with Gasteiger partial charge in [0.15, 0.2) is 0 Å². The van der Waals surface area contributed by atoms with Crippen LogP contribution in [0.25, 0.3) is 11.3 Å². The Kier molecular flexibility index (Phi) is 4.98. The van der Waals surface area contributed by atoms with Crippen LogP contribution in [0.15, 0.2) is 30.5 Å². The number of benzene rings is 1. The highest BCUT2D eigenvalue weighted by Gasteiger charge is 2.20. The van der Waals surface area contributed by atoms with Crippen LogP contribution in [0.1, 0.15) is 23.7 Å². The fourth-order valence-corrected chi connectivity index (χ4v) is 2.27. The second kappa shape index (κ2) is 6.74. The number of aromatic nitrogens is 2. The Hall–Kier alpha value is -1.85. The number of amides is 1. The zero-order valence-corrected chi connectivity index (χ0v) is 12.8. The molecule has 1 unspecified atom stereocenters. The second-order valence-corrected chi connectivity index (χ2v) is 5.21. The average Bonchev–Trinajstić information content (AvgIpc) is 2.87. The molecule has 0 aliphatic rings. The molecule has 0 bridgehead atoms. The summed E-state index contributed by atoms with van der Waals surface area (Å²) in [7, 11) is 1.75. The molecule has 1 amide bonds. The van der Waals surface area contributed by atoms with Crippen LogP contribution >= 0.6 is 11.6 Å². The minimum atomic E-state index is -0.267. The SMILES string of the molecule is CCC(CO)NC(=O)c1cn(C)nc1-c1ccccc1Cl. The summed E-state index contributed by atoms with van der Waals surface area (Å²) < 4.78 is 1.58. The predicted molar refractivity (Wildman–Crippen MR) is 82.3 cm³/mol. The van der Waals surface area contributed by atoms with Gasteiger partial charge in [-0.3, -0.25) is 9.48 Å². The van der Waals surface area contributed by atoms with Gasteiger partial charge >= 0.3 is 0 Å². The maximum absolute atomic E-state index is 12.4. The van der Waals surface area contributed by atoms with Gasteiger partial charge in [-0.15, -0.1) is 0 Å². The molecule has 1 atom stereocenters. The molecule has 2 N–H and O–H groups in total. The van der Waals surface area contributed by atoms with Gasteiger partial charge in [0, 0.05) is 18.8 Å². The molecule has 0 saturated carbocycles. The molecule has 6 heteroatoms. The largest absolute Gasteiger partial charge is 0.394 e. The Bertz CT molecular complexity index is 636. The van der Waals surface area contributed by atoms with Crippen LogP contribution < -0.4 is 5.32 Å². The molecule has 2 rings (SSSR count). The van der Waals surface area contributed by atoms with Crippen molar-refractivity contribution in [3.8, 4) is 11.3 Å². The molecule has 0 saturated heterocycles. The number of nitrogens with zero attached hydrogens (tertiary/aromatic N) is 2. The summed E-state index contributed by atoms with van der Waals surface area (Å²) in [6, 6.07) is 6.99. The summed E-state index contributed by atoms with van der Waals surface area (Å²) in [6.45, 7) is 1.81.